The summed E-state index contributed by atoms with van der Waals surface area (Å²) >= 11 is 2.95. The number of nitrogens with zero attached hydrogens (tertiary/aromatic N) is 2. The molecule has 24 heavy (non-hydrogen) atoms. The van der Waals surface area contributed by atoms with Crippen LogP contribution >= 0.6 is 15.9 Å². The maximum absolute atomic E-state index is 13.2. The first kappa shape index (κ1) is 16.5. The Hall–Kier alpha value is -2.35. The molecule has 0 fully saturated rings. The van der Waals surface area contributed by atoms with Crippen molar-refractivity contribution in [2.45, 2.75) is 6.18 Å². The van der Waals surface area contributed by atoms with Gasteiger partial charge in [0.25, 0.3) is 0 Å². The van der Waals surface area contributed by atoms with E-state index in [2.05, 4.69) is 26.2 Å². The van der Waals surface area contributed by atoms with Crippen molar-refractivity contribution in [2.24, 2.45) is 0 Å². The number of alkyl halides is 3. The highest BCUT2D eigenvalue weighted by molar-refractivity contribution is 9.10. The van der Waals surface area contributed by atoms with Gasteiger partial charge in [0.05, 0.1) is 16.8 Å². The molecule has 1 N–H and O–H groups in total. The number of nitrogens with one attached hydrogen (secondary N) is 1. The van der Waals surface area contributed by atoms with Crippen LogP contribution in [0.15, 0.2) is 51.7 Å². The molecule has 1 aromatic heterocycles. The minimum absolute atomic E-state index is 0.112. The third-order valence-electron chi connectivity index (χ3n) is 3.54. The highest BCUT2D eigenvalue weighted by Gasteiger charge is 2.34. The summed E-state index contributed by atoms with van der Waals surface area (Å²) in [7, 11) is 1.56. The lowest BCUT2D eigenvalue weighted by Crippen LogP contribution is -2.23. The third-order valence-corrected chi connectivity index (χ3v) is 4.19. The van der Waals surface area contributed by atoms with Gasteiger partial charge >= 0.3 is 11.9 Å². The van der Waals surface area contributed by atoms with Gasteiger partial charge in [0, 0.05) is 16.9 Å². The van der Waals surface area contributed by atoms with E-state index in [1.165, 1.54) is 6.07 Å². The summed E-state index contributed by atoms with van der Waals surface area (Å²) in [6.07, 6.45) is -4.55. The minimum atomic E-state index is -4.55. The fourth-order valence-corrected chi connectivity index (χ4v) is 3.05. The van der Waals surface area contributed by atoms with Crippen molar-refractivity contribution in [1.82, 2.24) is 9.55 Å². The fourth-order valence-electron chi connectivity index (χ4n) is 2.48. The Labute approximate surface area is 143 Å². The van der Waals surface area contributed by atoms with Crippen molar-refractivity contribution < 1.29 is 13.2 Å². The van der Waals surface area contributed by atoms with Gasteiger partial charge in [-0.15, -0.1) is 0 Å². The number of hydrogen-bond donors (Lipinski definition) is 1. The van der Waals surface area contributed by atoms with E-state index in [1.807, 2.05) is 0 Å². The lowest BCUT2D eigenvalue weighted by atomic mass is 10.1. The van der Waals surface area contributed by atoms with E-state index in [-0.39, 0.29) is 15.8 Å². The molecule has 0 saturated carbocycles. The zero-order valence-electron chi connectivity index (χ0n) is 12.4. The Kier molecular flexibility index (Phi) is 4.08. The van der Waals surface area contributed by atoms with Crippen LogP contribution in [-0.4, -0.2) is 16.6 Å². The van der Waals surface area contributed by atoms with Gasteiger partial charge in [-0.2, -0.15) is 18.2 Å². The number of fused-ring (bicyclic) bond motifs is 1. The van der Waals surface area contributed by atoms with Crippen LogP contribution in [0.25, 0.3) is 16.6 Å². The van der Waals surface area contributed by atoms with E-state index in [9.17, 15) is 18.0 Å². The Morgan fingerprint density at radius 3 is 2.42 bits per heavy atom. The molecule has 124 valence electrons. The average molecular weight is 398 g/mol. The van der Waals surface area contributed by atoms with Crippen molar-refractivity contribution >= 4 is 32.7 Å². The average Bonchev–Trinajstić information content (AvgIpc) is 2.53. The Morgan fingerprint density at radius 2 is 1.83 bits per heavy atom. The fraction of sp³-hybridized carbons (Fsp3) is 0.125. The van der Waals surface area contributed by atoms with Crippen LogP contribution in [0, 0.1) is 0 Å². The van der Waals surface area contributed by atoms with Crippen LogP contribution in [0.4, 0.5) is 19.0 Å². The van der Waals surface area contributed by atoms with Gasteiger partial charge in [0.15, 0.2) is 0 Å². The van der Waals surface area contributed by atoms with Crippen LogP contribution < -0.4 is 11.0 Å². The van der Waals surface area contributed by atoms with Crippen molar-refractivity contribution in [3.63, 3.8) is 0 Å². The van der Waals surface area contributed by atoms with Crippen molar-refractivity contribution in [1.29, 1.82) is 0 Å². The van der Waals surface area contributed by atoms with E-state index >= 15 is 0 Å². The lowest BCUT2D eigenvalue weighted by Gasteiger charge is -2.16. The number of hydrogen-bond acceptors (Lipinski definition) is 3. The predicted octanol–water partition coefficient (Wildman–Crippen LogP) is 4.21. The van der Waals surface area contributed by atoms with Gasteiger partial charge in [0.2, 0.25) is 0 Å². The maximum atomic E-state index is 13.2. The monoisotopic (exact) mass is 397 g/mol. The minimum Gasteiger partial charge on any atom is -0.372 e. The summed E-state index contributed by atoms with van der Waals surface area (Å²) < 4.78 is 40.8. The summed E-state index contributed by atoms with van der Waals surface area (Å²) in [5, 5.41) is 3.15. The highest BCUT2D eigenvalue weighted by atomic mass is 79.9. The number of aromatic nitrogens is 2. The number of para-hydroxylation sites is 1. The summed E-state index contributed by atoms with van der Waals surface area (Å²) in [5.41, 5.74) is -0.944. The molecule has 0 aliphatic heterocycles. The molecule has 4 nitrogen and oxygen atoms in total. The second-order valence-electron chi connectivity index (χ2n) is 5.01. The molecule has 0 spiro atoms. The standard InChI is InChI=1S/C16H11BrF3N3O/c1-21-14-10-7-12(17)11(16(18,19)20)8-13(10)23(15(24)22-14)9-5-3-2-4-6-9/h2-8H,1H3,(H,21,22,24). The topological polar surface area (TPSA) is 46.9 Å². The smallest absolute Gasteiger partial charge is 0.372 e. The lowest BCUT2D eigenvalue weighted by molar-refractivity contribution is -0.138. The molecule has 8 heteroatoms. The summed E-state index contributed by atoms with van der Waals surface area (Å²) in [6, 6.07) is 10.7. The van der Waals surface area contributed by atoms with E-state index in [0.717, 1.165) is 10.6 Å². The molecule has 0 amide bonds. The molecule has 3 rings (SSSR count). The van der Waals surface area contributed by atoms with Crippen LogP contribution in [0.3, 0.4) is 0 Å². The Morgan fingerprint density at radius 1 is 1.17 bits per heavy atom. The van der Waals surface area contributed by atoms with Gasteiger partial charge in [-0.3, -0.25) is 4.57 Å². The quantitative estimate of drug-likeness (QED) is 0.704. The van der Waals surface area contributed by atoms with Gasteiger partial charge in [-0.1, -0.05) is 34.1 Å². The first-order valence-corrected chi connectivity index (χ1v) is 7.69. The Bertz CT molecular complexity index is 968. The molecular formula is C16H11BrF3N3O. The Balaban J connectivity index is 2.48. The zero-order valence-corrected chi connectivity index (χ0v) is 13.9. The van der Waals surface area contributed by atoms with Crippen molar-refractivity contribution in [2.75, 3.05) is 12.4 Å². The van der Waals surface area contributed by atoms with Gasteiger partial charge in [0.1, 0.15) is 5.82 Å². The molecule has 0 atom stereocenters. The second kappa shape index (κ2) is 5.94. The molecule has 3 aromatic rings. The number of halogens is 4. The van der Waals surface area contributed by atoms with E-state index in [4.69, 9.17) is 0 Å². The largest absolute Gasteiger partial charge is 0.417 e. The van der Waals surface area contributed by atoms with Crippen LogP contribution in [0.5, 0.6) is 0 Å². The predicted molar refractivity (Wildman–Crippen MR) is 89.6 cm³/mol. The number of benzene rings is 2. The summed E-state index contributed by atoms with van der Waals surface area (Å²) in [5.74, 6) is 0.219. The van der Waals surface area contributed by atoms with Crippen molar-refractivity contribution in [3.8, 4) is 5.69 Å². The summed E-state index contributed by atoms with van der Waals surface area (Å²) in [4.78, 5) is 16.3. The second-order valence-corrected chi connectivity index (χ2v) is 5.87. The molecule has 1 heterocycles. The number of anilines is 1. The van der Waals surface area contributed by atoms with E-state index < -0.39 is 17.4 Å². The van der Waals surface area contributed by atoms with Gasteiger partial charge in [-0.05, 0) is 24.3 Å². The van der Waals surface area contributed by atoms with Gasteiger partial charge < -0.3 is 5.32 Å². The molecule has 0 unspecified atom stereocenters. The van der Waals surface area contributed by atoms with Crippen molar-refractivity contribution in [3.05, 3.63) is 63.0 Å². The first-order chi connectivity index (χ1) is 11.3. The normalized spacial score (nSPS) is 11.7. The van der Waals surface area contributed by atoms with E-state index in [0.29, 0.717) is 11.1 Å². The number of rotatable bonds is 2. The SMILES string of the molecule is CNc1nc(=O)n(-c2ccccc2)c2cc(C(F)(F)F)c(Br)cc12. The molecule has 0 saturated heterocycles. The summed E-state index contributed by atoms with van der Waals surface area (Å²) in [6.45, 7) is 0. The molecule has 0 aliphatic carbocycles. The van der Waals surface area contributed by atoms with Crippen LogP contribution in [0.1, 0.15) is 5.56 Å². The molecular weight excluding hydrogens is 387 g/mol. The molecule has 2 aromatic carbocycles. The molecule has 0 aliphatic rings. The third kappa shape index (κ3) is 2.77. The van der Waals surface area contributed by atoms with Gasteiger partial charge in [-0.25, -0.2) is 4.79 Å². The molecule has 0 bridgehead atoms. The maximum Gasteiger partial charge on any atom is 0.417 e. The zero-order chi connectivity index (χ0) is 17.5. The first-order valence-electron chi connectivity index (χ1n) is 6.89. The van der Waals surface area contributed by atoms with E-state index in [1.54, 1.807) is 37.4 Å². The highest BCUT2D eigenvalue weighted by Crippen LogP contribution is 2.38. The van der Waals surface area contributed by atoms with Crippen LogP contribution in [0.2, 0.25) is 0 Å². The van der Waals surface area contributed by atoms with Crippen LogP contribution in [-0.2, 0) is 6.18 Å². The molecule has 0 radical (unpaired) electrons.